The van der Waals surface area contributed by atoms with E-state index in [2.05, 4.69) is 28.0 Å². The molecule has 0 saturated heterocycles. The van der Waals surface area contributed by atoms with Crippen LogP contribution < -0.4 is 5.63 Å². The van der Waals surface area contributed by atoms with E-state index < -0.39 is 11.6 Å². The number of H-pyrrole nitrogens is 1. The molecule has 7 nitrogen and oxygen atoms in total. The Morgan fingerprint density at radius 3 is 2.88 bits per heavy atom. The lowest BCUT2D eigenvalue weighted by atomic mass is 10.2. The van der Waals surface area contributed by atoms with Crippen LogP contribution in [0.15, 0.2) is 14.3 Å². The number of hydrogen-bond donors (Lipinski definition) is 2. The quantitative estimate of drug-likeness (QED) is 0.621. The first-order chi connectivity index (χ1) is 8.15. The highest BCUT2D eigenvalue weighted by Crippen LogP contribution is 2.19. The summed E-state index contributed by atoms with van der Waals surface area (Å²) < 4.78 is 9.71. The molecule has 90 valence electrons. The summed E-state index contributed by atoms with van der Waals surface area (Å²) in [4.78, 5) is 23.1. The molecule has 0 radical (unpaired) electrons. The fourth-order valence-electron chi connectivity index (χ4n) is 1.29. The van der Waals surface area contributed by atoms with Gasteiger partial charge in [-0.15, -0.1) is 17.7 Å². The van der Waals surface area contributed by atoms with E-state index in [-0.39, 0.29) is 28.3 Å². The molecule has 2 heterocycles. The largest absolute Gasteiger partial charge is 0.462 e. The van der Waals surface area contributed by atoms with E-state index in [0.29, 0.717) is 6.42 Å². The summed E-state index contributed by atoms with van der Waals surface area (Å²) in [6.07, 6.45) is 0.687. The molecule has 2 aromatic rings. The topological polar surface area (TPSA) is 98.1 Å². The zero-order chi connectivity index (χ0) is 12.4. The van der Waals surface area contributed by atoms with Crippen LogP contribution in [0.1, 0.15) is 23.7 Å². The maximum atomic E-state index is 11.7. The molecule has 1 N–H and O–H groups in total. The molecule has 0 aliphatic rings. The van der Waals surface area contributed by atoms with Crippen LogP contribution in [-0.2, 0) is 4.74 Å². The van der Waals surface area contributed by atoms with Crippen molar-refractivity contribution in [3.8, 4) is 0 Å². The van der Waals surface area contributed by atoms with Crippen molar-refractivity contribution in [1.29, 1.82) is 0 Å². The zero-order valence-electron chi connectivity index (χ0n) is 8.89. The van der Waals surface area contributed by atoms with Crippen molar-refractivity contribution in [1.82, 2.24) is 15.4 Å². The summed E-state index contributed by atoms with van der Waals surface area (Å²) in [5, 5.41) is 9.45. The van der Waals surface area contributed by atoms with Gasteiger partial charge >= 0.3 is 11.6 Å². The molecular formula is C9H9N3O4S. The first-order valence-corrected chi connectivity index (χ1v) is 5.33. The van der Waals surface area contributed by atoms with Gasteiger partial charge in [0, 0.05) is 0 Å². The predicted octanol–water partition coefficient (Wildman–Crippen LogP) is 0.767. The van der Waals surface area contributed by atoms with Gasteiger partial charge in [-0.1, -0.05) is 6.92 Å². The molecule has 0 aromatic carbocycles. The van der Waals surface area contributed by atoms with Gasteiger partial charge < -0.3 is 9.15 Å². The second-order valence-electron chi connectivity index (χ2n) is 3.23. The van der Waals surface area contributed by atoms with Crippen LogP contribution in [-0.4, -0.2) is 28.0 Å². The van der Waals surface area contributed by atoms with E-state index in [1.54, 1.807) is 0 Å². The lowest BCUT2D eigenvalue weighted by Crippen LogP contribution is -2.11. The van der Waals surface area contributed by atoms with Gasteiger partial charge in [0.2, 0.25) is 0 Å². The number of ether oxygens (including phenoxy) is 1. The van der Waals surface area contributed by atoms with Crippen molar-refractivity contribution in [3.63, 3.8) is 0 Å². The van der Waals surface area contributed by atoms with Crippen LogP contribution in [0.4, 0.5) is 0 Å². The van der Waals surface area contributed by atoms with Crippen LogP contribution in [0.5, 0.6) is 0 Å². The van der Waals surface area contributed by atoms with Crippen molar-refractivity contribution in [2.75, 3.05) is 6.61 Å². The van der Waals surface area contributed by atoms with Gasteiger partial charge in [0.15, 0.2) is 10.6 Å². The van der Waals surface area contributed by atoms with Crippen LogP contribution in [0.2, 0.25) is 0 Å². The lowest BCUT2D eigenvalue weighted by molar-refractivity contribution is 0.0497. The summed E-state index contributed by atoms with van der Waals surface area (Å²) in [6, 6.07) is 0. The van der Waals surface area contributed by atoms with Crippen molar-refractivity contribution in [2.24, 2.45) is 0 Å². The maximum absolute atomic E-state index is 11.7. The number of esters is 1. The second-order valence-corrected chi connectivity index (χ2v) is 3.63. The number of hydrogen-bond acceptors (Lipinski definition) is 7. The fraction of sp³-hybridized carbons (Fsp3) is 0.333. The summed E-state index contributed by atoms with van der Waals surface area (Å²) in [5.41, 5.74) is -0.644. The second kappa shape index (κ2) is 4.58. The van der Waals surface area contributed by atoms with Gasteiger partial charge in [0.25, 0.3) is 0 Å². The van der Waals surface area contributed by atoms with E-state index in [1.165, 1.54) is 0 Å². The van der Waals surface area contributed by atoms with Gasteiger partial charge in [0.1, 0.15) is 11.1 Å². The Labute approximate surface area is 101 Å². The monoisotopic (exact) mass is 255 g/mol. The molecule has 2 aromatic heterocycles. The van der Waals surface area contributed by atoms with Crippen LogP contribution in [0.25, 0.3) is 11.0 Å². The summed E-state index contributed by atoms with van der Waals surface area (Å²) in [6.45, 7) is 2.14. The molecule has 0 atom stereocenters. The van der Waals surface area contributed by atoms with Gasteiger partial charge in [-0.25, -0.2) is 9.59 Å². The van der Waals surface area contributed by atoms with E-state index in [1.807, 2.05) is 6.92 Å². The highest BCUT2D eigenvalue weighted by atomic mass is 32.1. The van der Waals surface area contributed by atoms with Crippen LogP contribution in [0, 0.1) is 0 Å². The lowest BCUT2D eigenvalue weighted by Gasteiger charge is -2.04. The molecule has 2 rings (SSSR count). The van der Waals surface area contributed by atoms with E-state index >= 15 is 0 Å². The van der Waals surface area contributed by atoms with Crippen molar-refractivity contribution < 1.29 is 13.9 Å². The number of carbonyl (C=O) groups excluding carboxylic acids is 1. The molecule has 0 saturated carbocycles. The standard InChI is InChI=1S/C9H9N3O4S/c1-2-3-15-7(13)4-5-6(11-12-10-5)8(14)16-9(4)17/h17H,2-3H2,1H3,(H,10,11,12). The molecule has 0 spiro atoms. The Balaban J connectivity index is 2.56. The molecule has 0 aliphatic heterocycles. The Morgan fingerprint density at radius 2 is 2.18 bits per heavy atom. The number of nitrogens with one attached hydrogen (secondary N) is 1. The van der Waals surface area contributed by atoms with Crippen molar-refractivity contribution >= 4 is 29.6 Å². The van der Waals surface area contributed by atoms with Gasteiger partial charge in [-0.05, 0) is 6.42 Å². The minimum Gasteiger partial charge on any atom is -0.462 e. The number of rotatable bonds is 3. The highest BCUT2D eigenvalue weighted by Gasteiger charge is 2.22. The average Bonchev–Trinajstić information content (AvgIpc) is 2.75. The van der Waals surface area contributed by atoms with Crippen LogP contribution >= 0.6 is 12.6 Å². The molecule has 0 bridgehead atoms. The smallest absolute Gasteiger partial charge is 0.367 e. The highest BCUT2D eigenvalue weighted by molar-refractivity contribution is 7.80. The molecule has 0 fully saturated rings. The van der Waals surface area contributed by atoms with Crippen LogP contribution in [0.3, 0.4) is 0 Å². The van der Waals surface area contributed by atoms with E-state index in [9.17, 15) is 9.59 Å². The van der Waals surface area contributed by atoms with Gasteiger partial charge in [-0.3, -0.25) is 0 Å². The maximum Gasteiger partial charge on any atom is 0.367 e. The number of carbonyl (C=O) groups is 1. The van der Waals surface area contributed by atoms with Crippen molar-refractivity contribution in [3.05, 3.63) is 16.0 Å². The minimum atomic E-state index is -0.703. The van der Waals surface area contributed by atoms with E-state index in [4.69, 9.17) is 9.15 Å². The Kier molecular flexibility index (Phi) is 3.14. The average molecular weight is 255 g/mol. The first-order valence-electron chi connectivity index (χ1n) is 4.88. The Morgan fingerprint density at radius 1 is 1.47 bits per heavy atom. The third-order valence-corrected chi connectivity index (χ3v) is 2.34. The van der Waals surface area contributed by atoms with Gasteiger partial charge in [0.05, 0.1) is 6.61 Å². The SMILES string of the molecule is CCCOC(=O)c1c(S)oc(=O)c2n[nH]nc12. The Bertz CT molecular complexity index is 618. The summed E-state index contributed by atoms with van der Waals surface area (Å²) >= 11 is 3.93. The number of thiol groups is 1. The summed E-state index contributed by atoms with van der Waals surface area (Å²) in [5.74, 6) is -0.639. The Hall–Kier alpha value is -1.83. The zero-order valence-corrected chi connectivity index (χ0v) is 9.78. The first kappa shape index (κ1) is 11.6. The van der Waals surface area contributed by atoms with Crippen molar-refractivity contribution in [2.45, 2.75) is 18.4 Å². The number of aromatic amines is 1. The molecule has 17 heavy (non-hydrogen) atoms. The predicted molar refractivity (Wildman–Crippen MR) is 60.3 cm³/mol. The molecule has 0 unspecified atom stereocenters. The third-order valence-electron chi connectivity index (χ3n) is 2.02. The fourth-order valence-corrected chi connectivity index (χ4v) is 1.57. The van der Waals surface area contributed by atoms with E-state index in [0.717, 1.165) is 0 Å². The number of fused-ring (bicyclic) bond motifs is 1. The number of nitrogens with zero attached hydrogens (tertiary/aromatic N) is 2. The van der Waals surface area contributed by atoms with Gasteiger partial charge in [-0.2, -0.15) is 10.3 Å². The molecule has 0 amide bonds. The third kappa shape index (κ3) is 2.03. The molecule has 8 heteroatoms. The molecule has 0 aliphatic carbocycles. The minimum absolute atomic E-state index is 0.00475. The normalized spacial score (nSPS) is 10.7. The summed E-state index contributed by atoms with van der Waals surface area (Å²) in [7, 11) is 0. The molecular weight excluding hydrogens is 246 g/mol. The number of aromatic nitrogens is 3.